The van der Waals surface area contributed by atoms with Crippen molar-refractivity contribution in [2.45, 2.75) is 0 Å². The number of hydrogen-bond acceptors (Lipinski definition) is 8. The molecule has 9 heteroatoms. The van der Waals surface area contributed by atoms with Gasteiger partial charge in [-0.15, -0.1) is 0 Å². The first kappa shape index (κ1) is 26.5. The molecule has 0 spiro atoms. The van der Waals surface area contributed by atoms with Gasteiger partial charge >= 0.3 is 11.9 Å². The third kappa shape index (κ3) is 4.28. The van der Waals surface area contributed by atoms with Crippen LogP contribution >= 0.6 is 0 Å². The number of hydrogen-bond donors (Lipinski definition) is 1. The van der Waals surface area contributed by atoms with Crippen molar-refractivity contribution in [2.24, 2.45) is 0 Å². The van der Waals surface area contributed by atoms with E-state index in [0.717, 1.165) is 32.3 Å². The van der Waals surface area contributed by atoms with Gasteiger partial charge < -0.3 is 14.8 Å². The van der Waals surface area contributed by atoms with Crippen molar-refractivity contribution < 1.29 is 23.9 Å². The Morgan fingerprint density at radius 3 is 2.31 bits per heavy atom. The molecule has 0 atom stereocenters. The number of ether oxygens (including phenoxy) is 2. The minimum atomic E-state index is -0.558. The Morgan fingerprint density at radius 2 is 1.47 bits per heavy atom. The fraction of sp³-hybridized carbons (Fsp3) is 0.0833. The van der Waals surface area contributed by atoms with Gasteiger partial charge in [0.25, 0.3) is 5.56 Å². The Kier molecular flexibility index (Phi) is 6.06. The van der Waals surface area contributed by atoms with Gasteiger partial charge in [0, 0.05) is 5.69 Å². The lowest BCUT2D eigenvalue weighted by Gasteiger charge is -2.13. The summed E-state index contributed by atoms with van der Waals surface area (Å²) in [4.78, 5) is 55.9. The highest BCUT2D eigenvalue weighted by atomic mass is 16.6. The monoisotopic (exact) mass is 593 g/mol. The predicted molar refractivity (Wildman–Crippen MR) is 171 cm³/mol. The van der Waals surface area contributed by atoms with E-state index in [4.69, 9.17) is 9.47 Å². The molecule has 0 fully saturated rings. The molecule has 218 valence electrons. The number of nitrogens with one attached hydrogen (secondary N) is 1. The molecule has 0 radical (unpaired) electrons. The average molecular weight is 594 g/mol. The van der Waals surface area contributed by atoms with Crippen LogP contribution in [0, 0.1) is 0 Å². The zero-order valence-electron chi connectivity index (χ0n) is 23.7. The first-order valence-electron chi connectivity index (χ1n) is 14.4. The maximum absolute atomic E-state index is 13.3. The van der Waals surface area contributed by atoms with E-state index in [9.17, 15) is 19.2 Å². The van der Waals surface area contributed by atoms with Crippen LogP contribution in [0.3, 0.4) is 0 Å². The number of esters is 2. The van der Waals surface area contributed by atoms with Gasteiger partial charge in [0.1, 0.15) is 19.8 Å². The molecular formula is C36H23N3O6. The molecule has 0 saturated heterocycles. The minimum absolute atomic E-state index is 0.0813. The summed E-state index contributed by atoms with van der Waals surface area (Å²) in [6.45, 7) is -0.383. The van der Waals surface area contributed by atoms with E-state index >= 15 is 0 Å². The van der Waals surface area contributed by atoms with Gasteiger partial charge in [0.15, 0.2) is 5.82 Å². The number of aromatic nitrogens is 2. The first-order chi connectivity index (χ1) is 22.0. The number of anilines is 1. The highest BCUT2D eigenvalue weighted by molar-refractivity contribution is 6.26. The van der Waals surface area contributed by atoms with Crippen molar-refractivity contribution >= 4 is 66.6 Å². The summed E-state index contributed by atoms with van der Waals surface area (Å²) in [5, 5.41) is 9.47. The van der Waals surface area contributed by atoms with Crippen LogP contribution in [-0.4, -0.2) is 47.0 Å². The highest BCUT2D eigenvalue weighted by Gasteiger charge is 2.30. The van der Waals surface area contributed by atoms with E-state index < -0.39 is 11.9 Å². The topological polar surface area (TPSA) is 117 Å². The summed E-state index contributed by atoms with van der Waals surface area (Å²) in [7, 11) is 0. The number of fused-ring (bicyclic) bond motifs is 4. The van der Waals surface area contributed by atoms with Gasteiger partial charge in [-0.2, -0.15) is 0 Å². The van der Waals surface area contributed by atoms with Crippen molar-refractivity contribution in [3.8, 4) is 5.69 Å². The van der Waals surface area contributed by atoms with Crippen molar-refractivity contribution in [1.82, 2.24) is 9.55 Å². The number of rotatable bonds is 7. The minimum Gasteiger partial charge on any atom is -0.461 e. The Labute approximate surface area is 255 Å². The first-order valence-corrected chi connectivity index (χ1v) is 14.4. The lowest BCUT2D eigenvalue weighted by atomic mass is 9.92. The maximum Gasteiger partial charge on any atom is 0.338 e. The largest absolute Gasteiger partial charge is 0.461 e. The Morgan fingerprint density at radius 1 is 0.733 bits per heavy atom. The van der Waals surface area contributed by atoms with Crippen molar-refractivity contribution in [1.29, 1.82) is 0 Å². The molecule has 8 rings (SSSR count). The van der Waals surface area contributed by atoms with Crippen LogP contribution in [0.5, 0.6) is 0 Å². The van der Waals surface area contributed by atoms with Crippen LogP contribution in [0.4, 0.5) is 5.69 Å². The summed E-state index contributed by atoms with van der Waals surface area (Å²) < 4.78 is 12.0. The molecule has 45 heavy (non-hydrogen) atoms. The van der Waals surface area contributed by atoms with Gasteiger partial charge in [-0.1, -0.05) is 60.7 Å². The molecular weight excluding hydrogens is 570 g/mol. The lowest BCUT2D eigenvalue weighted by Crippen LogP contribution is -2.22. The quantitative estimate of drug-likeness (QED) is 0.143. The molecule has 6 aromatic carbocycles. The maximum atomic E-state index is 13.3. The van der Waals surface area contributed by atoms with Crippen LogP contribution in [-0.2, 0) is 14.3 Å². The number of carbonyl (C=O) groups is 3. The zero-order chi connectivity index (χ0) is 30.7. The number of carbonyl (C=O) groups excluding carboxylic acids is 3. The van der Waals surface area contributed by atoms with E-state index in [1.165, 1.54) is 4.57 Å². The zero-order valence-corrected chi connectivity index (χ0v) is 23.7. The van der Waals surface area contributed by atoms with E-state index in [0.29, 0.717) is 33.4 Å². The molecule has 0 unspecified atom stereocenters. The van der Waals surface area contributed by atoms with Crippen LogP contribution in [0.25, 0.3) is 48.9 Å². The summed E-state index contributed by atoms with van der Waals surface area (Å²) in [5.41, 5.74) is 1.91. The third-order valence-electron chi connectivity index (χ3n) is 8.23. The second kappa shape index (κ2) is 10.3. The van der Waals surface area contributed by atoms with E-state index in [1.807, 2.05) is 30.3 Å². The summed E-state index contributed by atoms with van der Waals surface area (Å²) >= 11 is 0. The van der Waals surface area contributed by atoms with Crippen molar-refractivity contribution in [3.05, 3.63) is 124 Å². The third-order valence-corrected chi connectivity index (χ3v) is 8.23. The lowest BCUT2D eigenvalue weighted by molar-refractivity contribution is -0.142. The number of para-hydroxylation sites is 1. The number of ketones is 1. The Bertz CT molecular complexity index is 2410. The van der Waals surface area contributed by atoms with Gasteiger partial charge in [0.2, 0.25) is 5.78 Å². The summed E-state index contributed by atoms with van der Waals surface area (Å²) in [6, 6.07) is 29.6. The average Bonchev–Trinajstić information content (AvgIpc) is 3.36. The van der Waals surface area contributed by atoms with Gasteiger partial charge in [-0.3, -0.25) is 19.0 Å². The van der Waals surface area contributed by atoms with Crippen LogP contribution < -0.4 is 10.9 Å². The number of benzene rings is 6. The van der Waals surface area contributed by atoms with E-state index in [1.54, 1.807) is 48.5 Å². The standard InChI is InChI=1S/C36H23N3O6/c40-30(19-37-23-12-15-28-27(18-23)35(42)39-29-7-2-1-6-26(29)33(41)34(39)38-28)44-16-17-45-36(43)25-14-11-22-9-8-20-4-3-5-21-10-13-24(25)32(22)31(20)21/h1-15,18,37H,16-17,19H2. The second-order valence-electron chi connectivity index (χ2n) is 10.8. The molecule has 0 aliphatic carbocycles. The molecule has 0 amide bonds. The summed E-state index contributed by atoms with van der Waals surface area (Å²) in [6.07, 6.45) is 0. The van der Waals surface area contributed by atoms with Crippen LogP contribution in [0.1, 0.15) is 26.5 Å². The van der Waals surface area contributed by atoms with Crippen LogP contribution in [0.15, 0.2) is 102 Å². The molecule has 1 aliphatic heterocycles. The van der Waals surface area contributed by atoms with E-state index in [2.05, 4.69) is 28.5 Å². The molecule has 7 aromatic rings. The Balaban J connectivity index is 0.908. The van der Waals surface area contributed by atoms with Gasteiger partial charge in [-0.25, -0.2) is 9.78 Å². The predicted octanol–water partition coefficient (Wildman–Crippen LogP) is 5.64. The van der Waals surface area contributed by atoms with Crippen molar-refractivity contribution in [2.75, 3.05) is 25.1 Å². The molecule has 1 aromatic heterocycles. The molecule has 2 heterocycles. The van der Waals surface area contributed by atoms with E-state index in [-0.39, 0.29) is 36.9 Å². The molecule has 9 nitrogen and oxygen atoms in total. The van der Waals surface area contributed by atoms with Gasteiger partial charge in [0.05, 0.1) is 27.7 Å². The fourth-order valence-corrected chi connectivity index (χ4v) is 6.16. The smallest absolute Gasteiger partial charge is 0.338 e. The molecule has 0 saturated carbocycles. The normalized spacial score (nSPS) is 12.1. The summed E-state index contributed by atoms with van der Waals surface area (Å²) in [5.74, 6) is -1.26. The SMILES string of the molecule is O=C(CNc1ccc2nc3n(c(=O)c2c1)-c1ccccc1C3=O)OCCOC(=O)c1ccc2ccc3cccc4ccc1c2c34. The molecule has 0 bridgehead atoms. The second-order valence-corrected chi connectivity index (χ2v) is 10.8. The number of nitrogens with zero attached hydrogens (tertiary/aromatic N) is 2. The molecule has 1 aliphatic rings. The van der Waals surface area contributed by atoms with Crippen LogP contribution in [0.2, 0.25) is 0 Å². The molecule has 1 N–H and O–H groups in total. The Hall–Kier alpha value is -6.09. The van der Waals surface area contributed by atoms with Crippen molar-refractivity contribution in [3.63, 3.8) is 0 Å². The highest BCUT2D eigenvalue weighted by Crippen LogP contribution is 2.36. The van der Waals surface area contributed by atoms with Gasteiger partial charge in [-0.05, 0) is 68.7 Å². The fourth-order valence-electron chi connectivity index (χ4n) is 6.16.